The molecule has 96 valence electrons. The summed E-state index contributed by atoms with van der Waals surface area (Å²) in [4.78, 5) is 6.67. The molecule has 0 bridgehead atoms. The Labute approximate surface area is 110 Å². The molecule has 1 fully saturated rings. The van der Waals surface area contributed by atoms with E-state index in [-0.39, 0.29) is 12.4 Å². The predicted molar refractivity (Wildman–Crippen MR) is 73.1 cm³/mol. The molecule has 17 heavy (non-hydrogen) atoms. The van der Waals surface area contributed by atoms with E-state index >= 15 is 0 Å². The molecule has 0 radical (unpaired) electrons. The van der Waals surface area contributed by atoms with Crippen LogP contribution in [-0.2, 0) is 6.54 Å². The highest BCUT2D eigenvalue weighted by atomic mass is 35.5. The van der Waals surface area contributed by atoms with Gasteiger partial charge in [-0.2, -0.15) is 0 Å². The van der Waals surface area contributed by atoms with E-state index in [9.17, 15) is 0 Å². The summed E-state index contributed by atoms with van der Waals surface area (Å²) in [5.74, 6) is 0.718. The summed E-state index contributed by atoms with van der Waals surface area (Å²) >= 11 is 0. The van der Waals surface area contributed by atoms with Crippen molar-refractivity contribution in [2.24, 2.45) is 11.7 Å². The smallest absolute Gasteiger partial charge is 0.0312 e. The third-order valence-corrected chi connectivity index (χ3v) is 3.58. The molecule has 4 heteroatoms. The van der Waals surface area contributed by atoms with Crippen molar-refractivity contribution < 1.29 is 0 Å². The standard InChI is InChI=1S/C13H21N3.ClH/c1-11-4-3-7-16(13(11)8-14)10-12-5-2-6-15-9-12;/h2,5-6,9,11,13H,3-4,7-8,10,14H2,1H3;1H. The Balaban J connectivity index is 0.00000144. The molecule has 1 saturated heterocycles. The summed E-state index contributed by atoms with van der Waals surface area (Å²) in [6.07, 6.45) is 6.37. The number of likely N-dealkylation sites (tertiary alicyclic amines) is 1. The normalized spacial score (nSPS) is 25.3. The van der Waals surface area contributed by atoms with Crippen LogP contribution in [-0.4, -0.2) is 29.0 Å². The molecule has 2 atom stereocenters. The van der Waals surface area contributed by atoms with Crippen molar-refractivity contribution in [3.63, 3.8) is 0 Å². The summed E-state index contributed by atoms with van der Waals surface area (Å²) in [6.45, 7) is 5.23. The SMILES string of the molecule is CC1CCCN(Cc2cccnc2)C1CN.Cl. The largest absolute Gasteiger partial charge is 0.329 e. The van der Waals surface area contributed by atoms with E-state index in [4.69, 9.17) is 5.73 Å². The number of aromatic nitrogens is 1. The van der Waals surface area contributed by atoms with Gasteiger partial charge in [0, 0.05) is 31.5 Å². The van der Waals surface area contributed by atoms with Crippen LogP contribution >= 0.6 is 12.4 Å². The lowest BCUT2D eigenvalue weighted by Crippen LogP contribution is -2.48. The van der Waals surface area contributed by atoms with Gasteiger partial charge in [0.15, 0.2) is 0 Å². The second-order valence-electron chi connectivity index (χ2n) is 4.75. The monoisotopic (exact) mass is 255 g/mol. The number of piperidine rings is 1. The van der Waals surface area contributed by atoms with Crippen molar-refractivity contribution in [1.29, 1.82) is 0 Å². The van der Waals surface area contributed by atoms with Crippen LogP contribution in [0.25, 0.3) is 0 Å². The Bertz CT molecular complexity index is 318. The van der Waals surface area contributed by atoms with Gasteiger partial charge in [0.1, 0.15) is 0 Å². The van der Waals surface area contributed by atoms with Gasteiger partial charge < -0.3 is 5.73 Å². The highest BCUT2D eigenvalue weighted by Crippen LogP contribution is 2.23. The first-order valence-corrected chi connectivity index (χ1v) is 6.14. The van der Waals surface area contributed by atoms with E-state index in [1.807, 2.05) is 18.5 Å². The van der Waals surface area contributed by atoms with Gasteiger partial charge in [0.2, 0.25) is 0 Å². The van der Waals surface area contributed by atoms with E-state index in [1.54, 1.807) is 0 Å². The quantitative estimate of drug-likeness (QED) is 0.899. The van der Waals surface area contributed by atoms with Crippen molar-refractivity contribution in [2.75, 3.05) is 13.1 Å². The Morgan fingerprint density at radius 3 is 3.00 bits per heavy atom. The van der Waals surface area contributed by atoms with Crippen LogP contribution in [0.15, 0.2) is 24.5 Å². The highest BCUT2D eigenvalue weighted by Gasteiger charge is 2.26. The first-order chi connectivity index (χ1) is 7.81. The molecule has 0 amide bonds. The minimum Gasteiger partial charge on any atom is -0.329 e. The van der Waals surface area contributed by atoms with Gasteiger partial charge in [0.25, 0.3) is 0 Å². The van der Waals surface area contributed by atoms with Crippen LogP contribution in [0.5, 0.6) is 0 Å². The molecule has 2 unspecified atom stereocenters. The molecule has 2 N–H and O–H groups in total. The number of nitrogens with two attached hydrogens (primary N) is 1. The second kappa shape index (κ2) is 6.94. The van der Waals surface area contributed by atoms with Gasteiger partial charge >= 0.3 is 0 Å². The number of pyridine rings is 1. The molecule has 0 aliphatic carbocycles. The first-order valence-electron chi connectivity index (χ1n) is 6.14. The molecule has 1 aromatic rings. The van der Waals surface area contributed by atoms with Crippen LogP contribution in [0.2, 0.25) is 0 Å². The maximum absolute atomic E-state index is 5.88. The van der Waals surface area contributed by atoms with Crippen LogP contribution < -0.4 is 5.73 Å². The summed E-state index contributed by atoms with van der Waals surface area (Å²) in [5, 5.41) is 0. The Morgan fingerprint density at radius 1 is 1.53 bits per heavy atom. The summed E-state index contributed by atoms with van der Waals surface area (Å²) < 4.78 is 0. The topological polar surface area (TPSA) is 42.2 Å². The molecular formula is C13H22ClN3. The van der Waals surface area contributed by atoms with Crippen molar-refractivity contribution in [1.82, 2.24) is 9.88 Å². The fourth-order valence-corrected chi connectivity index (χ4v) is 2.64. The highest BCUT2D eigenvalue weighted by molar-refractivity contribution is 5.85. The average molecular weight is 256 g/mol. The fourth-order valence-electron chi connectivity index (χ4n) is 2.64. The maximum Gasteiger partial charge on any atom is 0.0312 e. The van der Waals surface area contributed by atoms with E-state index in [2.05, 4.69) is 22.9 Å². The lowest BCUT2D eigenvalue weighted by atomic mass is 9.90. The Hall–Kier alpha value is -0.640. The van der Waals surface area contributed by atoms with Crippen LogP contribution in [0.4, 0.5) is 0 Å². The first kappa shape index (κ1) is 14.4. The molecule has 2 heterocycles. The van der Waals surface area contributed by atoms with Crippen LogP contribution in [0.1, 0.15) is 25.3 Å². The molecule has 1 aromatic heterocycles. The minimum absolute atomic E-state index is 0. The van der Waals surface area contributed by atoms with Gasteiger partial charge in [-0.3, -0.25) is 9.88 Å². The van der Waals surface area contributed by atoms with Crippen molar-refractivity contribution in [3.05, 3.63) is 30.1 Å². The van der Waals surface area contributed by atoms with Crippen LogP contribution in [0, 0.1) is 5.92 Å². The minimum atomic E-state index is 0. The van der Waals surface area contributed by atoms with Crippen molar-refractivity contribution in [2.45, 2.75) is 32.4 Å². The van der Waals surface area contributed by atoms with E-state index in [0.29, 0.717) is 6.04 Å². The fraction of sp³-hybridized carbons (Fsp3) is 0.615. The van der Waals surface area contributed by atoms with Crippen molar-refractivity contribution in [3.8, 4) is 0 Å². The molecule has 2 rings (SSSR count). The zero-order valence-electron chi connectivity index (χ0n) is 10.4. The molecular weight excluding hydrogens is 234 g/mol. The number of nitrogens with zero attached hydrogens (tertiary/aromatic N) is 2. The molecule has 3 nitrogen and oxygen atoms in total. The van der Waals surface area contributed by atoms with E-state index < -0.39 is 0 Å². The maximum atomic E-state index is 5.88. The van der Waals surface area contributed by atoms with E-state index in [0.717, 1.165) is 19.0 Å². The predicted octanol–water partition coefficient (Wildman–Crippen LogP) is 2.06. The van der Waals surface area contributed by atoms with Crippen LogP contribution in [0.3, 0.4) is 0 Å². The van der Waals surface area contributed by atoms with Gasteiger partial charge in [-0.05, 0) is 36.9 Å². The third-order valence-electron chi connectivity index (χ3n) is 3.58. The van der Waals surface area contributed by atoms with Crippen molar-refractivity contribution >= 4 is 12.4 Å². The zero-order chi connectivity index (χ0) is 11.4. The van der Waals surface area contributed by atoms with Gasteiger partial charge in [-0.25, -0.2) is 0 Å². The Morgan fingerprint density at radius 2 is 2.35 bits per heavy atom. The molecule has 0 aromatic carbocycles. The molecule has 0 saturated carbocycles. The number of halogens is 1. The lowest BCUT2D eigenvalue weighted by molar-refractivity contribution is 0.0990. The summed E-state index contributed by atoms with van der Waals surface area (Å²) in [5.41, 5.74) is 7.17. The lowest BCUT2D eigenvalue weighted by Gasteiger charge is -2.39. The zero-order valence-corrected chi connectivity index (χ0v) is 11.2. The Kier molecular flexibility index (Phi) is 5.89. The van der Waals surface area contributed by atoms with E-state index in [1.165, 1.54) is 24.9 Å². The molecule has 1 aliphatic rings. The number of hydrogen-bond acceptors (Lipinski definition) is 3. The summed E-state index contributed by atoms with van der Waals surface area (Å²) in [7, 11) is 0. The molecule has 1 aliphatic heterocycles. The number of hydrogen-bond donors (Lipinski definition) is 1. The van der Waals surface area contributed by atoms with Gasteiger partial charge in [0.05, 0.1) is 0 Å². The molecule has 0 spiro atoms. The summed E-state index contributed by atoms with van der Waals surface area (Å²) in [6, 6.07) is 4.67. The van der Waals surface area contributed by atoms with Gasteiger partial charge in [-0.15, -0.1) is 12.4 Å². The number of rotatable bonds is 3. The second-order valence-corrected chi connectivity index (χ2v) is 4.75. The average Bonchev–Trinajstić information content (AvgIpc) is 2.31. The third kappa shape index (κ3) is 3.66. The van der Waals surface area contributed by atoms with Gasteiger partial charge in [-0.1, -0.05) is 13.0 Å².